The van der Waals surface area contributed by atoms with E-state index in [1.54, 1.807) is 6.08 Å². The largest absolute Gasteiger partial charge is 0.361 e. The standard InChI is InChI=1S/C19H34N4O2/c1-5-7-14(20)16(21)17(12(4)13-9-8-11(3)10-13)23-18(24)15(6-2)22-19(23)25/h5-6,11-17,19,22,25H,1-2,7-10,20-21H2,3-4H3/t11-,12?,13+,14?,15?,16?,17?,19?/m0/s1. The number of amides is 1. The first-order chi connectivity index (χ1) is 11.8. The monoisotopic (exact) mass is 350 g/mol. The number of carbonyl (C=O) groups excluding carboxylic acids is 1. The quantitative estimate of drug-likeness (QED) is 0.487. The molecule has 1 heterocycles. The van der Waals surface area contributed by atoms with Crippen molar-refractivity contribution in [2.75, 3.05) is 0 Å². The molecule has 2 rings (SSSR count). The highest BCUT2D eigenvalue weighted by Crippen LogP contribution is 2.39. The summed E-state index contributed by atoms with van der Waals surface area (Å²) in [5.41, 5.74) is 12.8. The molecule has 8 atom stereocenters. The van der Waals surface area contributed by atoms with Crippen LogP contribution in [0.15, 0.2) is 25.3 Å². The molecule has 6 unspecified atom stereocenters. The SMILES string of the molecule is C=CCC(N)C(N)C(C(C)[C@@H]1CC[C@H](C)C1)N1C(=O)C(C=C)NC1O. The summed E-state index contributed by atoms with van der Waals surface area (Å²) >= 11 is 0. The van der Waals surface area contributed by atoms with Crippen LogP contribution in [0.4, 0.5) is 0 Å². The first kappa shape index (κ1) is 20.1. The average molecular weight is 351 g/mol. The van der Waals surface area contributed by atoms with E-state index in [1.807, 2.05) is 0 Å². The lowest BCUT2D eigenvalue weighted by Crippen LogP contribution is -2.62. The summed E-state index contributed by atoms with van der Waals surface area (Å²) in [6.45, 7) is 11.8. The molecule has 6 N–H and O–H groups in total. The summed E-state index contributed by atoms with van der Waals surface area (Å²) in [4.78, 5) is 14.3. The van der Waals surface area contributed by atoms with Gasteiger partial charge < -0.3 is 16.6 Å². The Bertz CT molecular complexity index is 498. The smallest absolute Gasteiger partial charge is 0.247 e. The van der Waals surface area contributed by atoms with Crippen LogP contribution in [0, 0.1) is 17.8 Å². The zero-order chi connectivity index (χ0) is 18.7. The summed E-state index contributed by atoms with van der Waals surface area (Å²) in [6.07, 6.45) is 6.21. The Morgan fingerprint density at radius 2 is 2.08 bits per heavy atom. The van der Waals surface area contributed by atoms with Gasteiger partial charge in [-0.25, -0.2) is 0 Å². The van der Waals surface area contributed by atoms with Gasteiger partial charge in [-0.05, 0) is 37.0 Å². The van der Waals surface area contributed by atoms with E-state index >= 15 is 0 Å². The number of nitrogens with zero attached hydrogens (tertiary/aromatic N) is 1. The molecular weight excluding hydrogens is 316 g/mol. The fourth-order valence-electron chi connectivity index (χ4n) is 4.47. The molecular formula is C19H34N4O2. The van der Waals surface area contributed by atoms with E-state index in [1.165, 1.54) is 17.4 Å². The molecule has 6 nitrogen and oxygen atoms in total. The molecule has 0 aromatic heterocycles. The maximum absolute atomic E-state index is 12.8. The summed E-state index contributed by atoms with van der Waals surface area (Å²) < 4.78 is 0. The first-order valence-corrected chi connectivity index (χ1v) is 9.32. The van der Waals surface area contributed by atoms with E-state index in [9.17, 15) is 9.90 Å². The summed E-state index contributed by atoms with van der Waals surface area (Å²) in [7, 11) is 0. The number of aliphatic hydroxyl groups is 1. The molecule has 0 spiro atoms. The minimum atomic E-state index is -1.07. The van der Waals surface area contributed by atoms with Gasteiger partial charge in [0.05, 0.1) is 6.04 Å². The summed E-state index contributed by atoms with van der Waals surface area (Å²) in [5, 5.41) is 13.3. The Morgan fingerprint density at radius 1 is 1.40 bits per heavy atom. The van der Waals surface area contributed by atoms with Gasteiger partial charge in [-0.15, -0.1) is 13.2 Å². The molecule has 2 aliphatic rings. The minimum absolute atomic E-state index is 0.153. The number of nitrogens with two attached hydrogens (primary N) is 2. The molecule has 25 heavy (non-hydrogen) atoms. The average Bonchev–Trinajstić information content (AvgIpc) is 3.12. The predicted octanol–water partition coefficient (Wildman–Crippen LogP) is 0.920. The van der Waals surface area contributed by atoms with Crippen LogP contribution < -0.4 is 16.8 Å². The summed E-state index contributed by atoms with van der Waals surface area (Å²) in [5.74, 6) is 1.13. The Morgan fingerprint density at radius 3 is 2.56 bits per heavy atom. The van der Waals surface area contributed by atoms with Crippen molar-refractivity contribution in [3.63, 3.8) is 0 Å². The number of rotatable bonds is 8. The van der Waals surface area contributed by atoms with Gasteiger partial charge in [-0.3, -0.25) is 15.0 Å². The molecule has 2 fully saturated rings. The molecule has 1 saturated heterocycles. The molecule has 0 aromatic carbocycles. The lowest BCUT2D eigenvalue weighted by Gasteiger charge is -2.42. The molecule has 1 saturated carbocycles. The molecule has 1 aliphatic carbocycles. The number of nitrogens with one attached hydrogen (secondary N) is 1. The van der Waals surface area contributed by atoms with Crippen LogP contribution in [0.2, 0.25) is 0 Å². The molecule has 0 aromatic rings. The Labute approximate surface area is 151 Å². The number of aliphatic hydroxyl groups excluding tert-OH is 1. The van der Waals surface area contributed by atoms with Gasteiger partial charge in [-0.2, -0.15) is 0 Å². The van der Waals surface area contributed by atoms with Gasteiger partial charge in [0, 0.05) is 12.1 Å². The third-order valence-electron chi connectivity index (χ3n) is 6.01. The van der Waals surface area contributed by atoms with Crippen molar-refractivity contribution < 1.29 is 9.90 Å². The highest BCUT2D eigenvalue weighted by atomic mass is 16.3. The van der Waals surface area contributed by atoms with Crippen LogP contribution in [-0.4, -0.2) is 46.4 Å². The normalized spacial score (nSPS) is 34.6. The maximum atomic E-state index is 12.8. The molecule has 1 amide bonds. The second kappa shape index (κ2) is 8.45. The molecule has 6 heteroatoms. The van der Waals surface area contributed by atoms with Crippen molar-refractivity contribution in [2.45, 2.75) is 70.0 Å². The van der Waals surface area contributed by atoms with Crippen molar-refractivity contribution in [1.82, 2.24) is 10.2 Å². The van der Waals surface area contributed by atoms with E-state index in [0.717, 1.165) is 12.8 Å². The highest BCUT2D eigenvalue weighted by Gasteiger charge is 2.47. The van der Waals surface area contributed by atoms with Crippen molar-refractivity contribution >= 4 is 5.91 Å². The summed E-state index contributed by atoms with van der Waals surface area (Å²) in [6, 6.07) is -1.67. The van der Waals surface area contributed by atoms with E-state index in [-0.39, 0.29) is 23.9 Å². The molecule has 142 valence electrons. The Kier molecular flexibility index (Phi) is 6.79. The van der Waals surface area contributed by atoms with Gasteiger partial charge in [0.15, 0.2) is 6.35 Å². The molecule has 1 aliphatic heterocycles. The fraction of sp³-hybridized carbons (Fsp3) is 0.737. The zero-order valence-electron chi connectivity index (χ0n) is 15.5. The van der Waals surface area contributed by atoms with E-state index in [0.29, 0.717) is 18.3 Å². The van der Waals surface area contributed by atoms with Crippen molar-refractivity contribution in [2.24, 2.45) is 29.2 Å². The van der Waals surface area contributed by atoms with Crippen molar-refractivity contribution in [1.29, 1.82) is 0 Å². The first-order valence-electron chi connectivity index (χ1n) is 9.32. The van der Waals surface area contributed by atoms with E-state index < -0.39 is 18.4 Å². The fourth-order valence-corrected chi connectivity index (χ4v) is 4.47. The molecule has 0 radical (unpaired) electrons. The Hall–Kier alpha value is -1.21. The third-order valence-corrected chi connectivity index (χ3v) is 6.01. The number of hydrogen-bond acceptors (Lipinski definition) is 5. The van der Waals surface area contributed by atoms with Gasteiger partial charge >= 0.3 is 0 Å². The predicted molar refractivity (Wildman–Crippen MR) is 100 cm³/mol. The van der Waals surface area contributed by atoms with Gasteiger partial charge in [0.1, 0.15) is 6.04 Å². The van der Waals surface area contributed by atoms with Gasteiger partial charge in [-0.1, -0.05) is 32.4 Å². The number of hydrogen-bond donors (Lipinski definition) is 4. The van der Waals surface area contributed by atoms with E-state index in [2.05, 4.69) is 32.3 Å². The van der Waals surface area contributed by atoms with Crippen molar-refractivity contribution in [3.05, 3.63) is 25.3 Å². The zero-order valence-corrected chi connectivity index (χ0v) is 15.5. The third kappa shape index (κ3) is 4.14. The number of carbonyl (C=O) groups is 1. The maximum Gasteiger partial charge on any atom is 0.247 e. The highest BCUT2D eigenvalue weighted by molar-refractivity contribution is 5.86. The van der Waals surface area contributed by atoms with Crippen LogP contribution in [0.25, 0.3) is 0 Å². The lowest BCUT2D eigenvalue weighted by atomic mass is 9.79. The molecule has 0 bridgehead atoms. The van der Waals surface area contributed by atoms with Crippen LogP contribution in [0.3, 0.4) is 0 Å². The van der Waals surface area contributed by atoms with E-state index in [4.69, 9.17) is 11.5 Å². The van der Waals surface area contributed by atoms with Gasteiger partial charge in [0.25, 0.3) is 0 Å². The Balaban J connectivity index is 2.29. The second-order valence-corrected chi connectivity index (χ2v) is 7.79. The van der Waals surface area contributed by atoms with Crippen LogP contribution in [0.5, 0.6) is 0 Å². The van der Waals surface area contributed by atoms with Crippen LogP contribution in [0.1, 0.15) is 39.5 Å². The second-order valence-electron chi connectivity index (χ2n) is 7.79. The topological polar surface area (TPSA) is 105 Å². The van der Waals surface area contributed by atoms with Crippen LogP contribution >= 0.6 is 0 Å². The van der Waals surface area contributed by atoms with Crippen molar-refractivity contribution in [3.8, 4) is 0 Å². The lowest BCUT2D eigenvalue weighted by molar-refractivity contribution is -0.140. The van der Waals surface area contributed by atoms with Crippen LogP contribution in [-0.2, 0) is 4.79 Å². The van der Waals surface area contributed by atoms with Gasteiger partial charge in [0.2, 0.25) is 5.91 Å². The minimum Gasteiger partial charge on any atom is -0.361 e.